The quantitative estimate of drug-likeness (QED) is 0.542. The molecule has 0 fully saturated rings. The van der Waals surface area contributed by atoms with Crippen molar-refractivity contribution in [2.75, 3.05) is 0 Å². The minimum absolute atomic E-state index is 0.0228. The first-order chi connectivity index (χ1) is 5.11. The number of nitrogens with two attached hydrogens (primary N) is 1. The molecule has 0 radical (unpaired) electrons. The Hall–Kier alpha value is -0.870. The van der Waals surface area contributed by atoms with Gasteiger partial charge in [-0.1, -0.05) is 12.2 Å². The van der Waals surface area contributed by atoms with Crippen molar-refractivity contribution < 1.29 is 14.6 Å². The first-order valence-electron chi connectivity index (χ1n) is 3.43. The van der Waals surface area contributed by atoms with Crippen molar-refractivity contribution in [3.8, 4) is 0 Å². The molecule has 0 aromatic rings. The molecule has 1 aliphatic heterocycles. The van der Waals surface area contributed by atoms with Crippen LogP contribution < -0.4 is 5.73 Å². The molecular formula is C7H11NO3. The summed E-state index contributed by atoms with van der Waals surface area (Å²) in [5.41, 5.74) is 5.31. The van der Waals surface area contributed by atoms with E-state index in [9.17, 15) is 4.79 Å². The van der Waals surface area contributed by atoms with Gasteiger partial charge in [-0.15, -0.1) is 0 Å². The maximum Gasteiger partial charge on any atom is 0.323 e. The highest BCUT2D eigenvalue weighted by molar-refractivity contribution is 5.74. The molecule has 4 nitrogen and oxygen atoms in total. The Morgan fingerprint density at radius 3 is 2.73 bits per heavy atom. The lowest BCUT2D eigenvalue weighted by Gasteiger charge is -2.14. The zero-order valence-corrected chi connectivity index (χ0v) is 6.23. The van der Waals surface area contributed by atoms with E-state index in [4.69, 9.17) is 15.6 Å². The lowest BCUT2D eigenvalue weighted by Crippen LogP contribution is -2.41. The van der Waals surface area contributed by atoms with Gasteiger partial charge >= 0.3 is 5.97 Å². The highest BCUT2D eigenvalue weighted by Crippen LogP contribution is 2.12. The molecule has 62 valence electrons. The normalized spacial score (nSPS) is 32.2. The van der Waals surface area contributed by atoms with Crippen LogP contribution in [0.3, 0.4) is 0 Å². The molecule has 4 heteroatoms. The monoisotopic (exact) mass is 157 g/mol. The largest absolute Gasteiger partial charge is 0.480 e. The fraction of sp³-hybridized carbons (Fsp3) is 0.571. The molecule has 1 aliphatic rings. The SMILES string of the molecule is C[C@H]1C=C[C@H](C(N)C(=O)O)O1. The van der Waals surface area contributed by atoms with Crippen LogP contribution in [-0.2, 0) is 9.53 Å². The Bertz CT molecular complexity index is 190. The number of carboxylic acid groups (broad SMARTS) is 1. The van der Waals surface area contributed by atoms with Crippen LogP contribution in [0.1, 0.15) is 6.92 Å². The van der Waals surface area contributed by atoms with Gasteiger partial charge in [0.05, 0.1) is 6.10 Å². The summed E-state index contributed by atoms with van der Waals surface area (Å²) in [5, 5.41) is 8.49. The summed E-state index contributed by atoms with van der Waals surface area (Å²) in [7, 11) is 0. The van der Waals surface area contributed by atoms with Crippen LogP contribution in [0.4, 0.5) is 0 Å². The van der Waals surface area contributed by atoms with Gasteiger partial charge in [0.1, 0.15) is 12.1 Å². The molecule has 0 saturated heterocycles. The van der Waals surface area contributed by atoms with Gasteiger partial charge in [0.2, 0.25) is 0 Å². The van der Waals surface area contributed by atoms with Crippen LogP contribution in [0.5, 0.6) is 0 Å². The van der Waals surface area contributed by atoms with E-state index in [1.807, 2.05) is 6.92 Å². The Morgan fingerprint density at radius 1 is 1.73 bits per heavy atom. The highest BCUT2D eigenvalue weighted by atomic mass is 16.5. The smallest absolute Gasteiger partial charge is 0.323 e. The van der Waals surface area contributed by atoms with Gasteiger partial charge in [-0.2, -0.15) is 0 Å². The molecule has 0 aliphatic carbocycles. The van der Waals surface area contributed by atoms with Gasteiger partial charge in [-0.25, -0.2) is 0 Å². The number of rotatable bonds is 2. The number of aliphatic carboxylic acids is 1. The van der Waals surface area contributed by atoms with Gasteiger partial charge in [0, 0.05) is 0 Å². The maximum absolute atomic E-state index is 10.4. The molecule has 0 aromatic carbocycles. The second kappa shape index (κ2) is 3.02. The van der Waals surface area contributed by atoms with Crippen LogP contribution in [0.2, 0.25) is 0 Å². The molecule has 0 saturated carbocycles. The zero-order valence-electron chi connectivity index (χ0n) is 6.23. The van der Waals surface area contributed by atoms with Crippen LogP contribution in [0.15, 0.2) is 12.2 Å². The van der Waals surface area contributed by atoms with Crippen molar-refractivity contribution in [1.82, 2.24) is 0 Å². The Balaban J connectivity index is 2.51. The number of ether oxygens (including phenoxy) is 1. The van der Waals surface area contributed by atoms with Crippen molar-refractivity contribution in [2.45, 2.75) is 25.2 Å². The van der Waals surface area contributed by atoms with Crippen molar-refractivity contribution in [3.05, 3.63) is 12.2 Å². The predicted molar refractivity (Wildman–Crippen MR) is 39.1 cm³/mol. The first-order valence-corrected chi connectivity index (χ1v) is 3.43. The summed E-state index contributed by atoms with van der Waals surface area (Å²) in [6.07, 6.45) is 2.99. The molecule has 0 aromatic heterocycles. The number of hydrogen-bond donors (Lipinski definition) is 2. The third-order valence-corrected chi connectivity index (χ3v) is 1.58. The van der Waals surface area contributed by atoms with E-state index in [0.717, 1.165) is 0 Å². The molecule has 3 atom stereocenters. The van der Waals surface area contributed by atoms with Crippen LogP contribution >= 0.6 is 0 Å². The van der Waals surface area contributed by atoms with E-state index in [2.05, 4.69) is 0 Å². The standard InChI is InChI=1S/C7H11NO3/c1-4-2-3-5(11-4)6(8)7(9)10/h2-6H,8H2,1H3,(H,9,10)/t4-,5+,6?/m0/s1. The third-order valence-electron chi connectivity index (χ3n) is 1.58. The molecule has 1 heterocycles. The van der Waals surface area contributed by atoms with Gasteiger partial charge < -0.3 is 15.6 Å². The zero-order chi connectivity index (χ0) is 8.43. The third kappa shape index (κ3) is 1.78. The lowest BCUT2D eigenvalue weighted by atomic mass is 10.2. The molecule has 11 heavy (non-hydrogen) atoms. The second-order valence-electron chi connectivity index (χ2n) is 2.55. The lowest BCUT2D eigenvalue weighted by molar-refractivity contribution is -0.141. The van der Waals surface area contributed by atoms with Gasteiger partial charge in [0.25, 0.3) is 0 Å². The van der Waals surface area contributed by atoms with Crippen molar-refractivity contribution >= 4 is 5.97 Å². The summed E-state index contributed by atoms with van der Waals surface area (Å²) < 4.78 is 5.17. The summed E-state index contributed by atoms with van der Waals surface area (Å²) in [6, 6.07) is -0.948. The Kier molecular flexibility index (Phi) is 2.26. The van der Waals surface area contributed by atoms with E-state index in [0.29, 0.717) is 0 Å². The summed E-state index contributed by atoms with van der Waals surface area (Å²) in [4.78, 5) is 10.4. The molecule has 0 amide bonds. The Labute approximate surface area is 64.6 Å². The minimum Gasteiger partial charge on any atom is -0.480 e. The summed E-state index contributed by atoms with van der Waals surface area (Å²) in [5.74, 6) is -1.03. The van der Waals surface area contributed by atoms with E-state index < -0.39 is 18.1 Å². The summed E-state index contributed by atoms with van der Waals surface area (Å²) >= 11 is 0. The molecule has 0 bridgehead atoms. The topological polar surface area (TPSA) is 72.6 Å². The molecular weight excluding hydrogens is 146 g/mol. The molecule has 1 rings (SSSR count). The van der Waals surface area contributed by atoms with Crippen LogP contribution in [-0.4, -0.2) is 29.3 Å². The fourth-order valence-corrected chi connectivity index (χ4v) is 0.949. The number of hydrogen-bond acceptors (Lipinski definition) is 3. The number of carboxylic acids is 1. The fourth-order valence-electron chi connectivity index (χ4n) is 0.949. The highest BCUT2D eigenvalue weighted by Gasteiger charge is 2.27. The van der Waals surface area contributed by atoms with Gasteiger partial charge in [0.15, 0.2) is 0 Å². The van der Waals surface area contributed by atoms with E-state index in [-0.39, 0.29) is 6.10 Å². The molecule has 3 N–H and O–H groups in total. The van der Waals surface area contributed by atoms with Crippen molar-refractivity contribution in [3.63, 3.8) is 0 Å². The Morgan fingerprint density at radius 2 is 2.36 bits per heavy atom. The average molecular weight is 157 g/mol. The van der Waals surface area contributed by atoms with Crippen molar-refractivity contribution in [1.29, 1.82) is 0 Å². The summed E-state index contributed by atoms with van der Waals surface area (Å²) in [6.45, 7) is 1.84. The maximum atomic E-state index is 10.4. The van der Waals surface area contributed by atoms with Crippen LogP contribution in [0, 0.1) is 0 Å². The average Bonchev–Trinajstić information content (AvgIpc) is 2.34. The van der Waals surface area contributed by atoms with Gasteiger partial charge in [-0.05, 0) is 6.92 Å². The first kappa shape index (κ1) is 8.23. The predicted octanol–water partition coefficient (Wildman–Crippen LogP) is -0.258. The number of carbonyl (C=O) groups is 1. The van der Waals surface area contributed by atoms with E-state index >= 15 is 0 Å². The van der Waals surface area contributed by atoms with Crippen molar-refractivity contribution in [2.24, 2.45) is 5.73 Å². The van der Waals surface area contributed by atoms with Crippen LogP contribution in [0.25, 0.3) is 0 Å². The van der Waals surface area contributed by atoms with E-state index in [1.165, 1.54) is 0 Å². The minimum atomic E-state index is -1.03. The second-order valence-corrected chi connectivity index (χ2v) is 2.55. The molecule has 0 spiro atoms. The van der Waals surface area contributed by atoms with E-state index in [1.54, 1.807) is 12.2 Å². The molecule has 1 unspecified atom stereocenters. The van der Waals surface area contributed by atoms with Gasteiger partial charge in [-0.3, -0.25) is 4.79 Å².